The van der Waals surface area contributed by atoms with E-state index in [1.807, 2.05) is 4.57 Å². The Morgan fingerprint density at radius 1 is 1.32 bits per heavy atom. The third-order valence-corrected chi connectivity index (χ3v) is 3.37. The van der Waals surface area contributed by atoms with E-state index in [1.54, 1.807) is 0 Å². The number of halogens is 3. The van der Waals surface area contributed by atoms with Gasteiger partial charge < -0.3 is 4.57 Å². The van der Waals surface area contributed by atoms with Crippen LogP contribution in [0.2, 0.25) is 0 Å². The molecule has 0 radical (unpaired) electrons. The number of hydrogen-bond donors (Lipinski definition) is 0. The maximum Gasteiger partial charge on any atom is 0.153 e. The van der Waals surface area contributed by atoms with Crippen molar-refractivity contribution in [2.24, 2.45) is 5.92 Å². The highest BCUT2D eigenvalue weighted by molar-refractivity contribution is 6.16. The first-order chi connectivity index (χ1) is 9.02. The molecule has 104 valence electrons. The molecule has 0 bridgehead atoms. The molecule has 1 aromatic heterocycles. The van der Waals surface area contributed by atoms with Crippen molar-refractivity contribution in [1.29, 1.82) is 0 Å². The Morgan fingerprint density at radius 2 is 2.05 bits per heavy atom. The fourth-order valence-electron chi connectivity index (χ4n) is 2.21. The molecule has 0 aliphatic heterocycles. The van der Waals surface area contributed by atoms with Crippen LogP contribution < -0.4 is 0 Å². The molecule has 2 rings (SSSR count). The summed E-state index contributed by atoms with van der Waals surface area (Å²) in [6, 6.07) is 2.17. The van der Waals surface area contributed by atoms with Gasteiger partial charge in [-0.15, -0.1) is 11.6 Å². The van der Waals surface area contributed by atoms with Crippen molar-refractivity contribution in [3.8, 4) is 0 Å². The maximum atomic E-state index is 13.7. The van der Waals surface area contributed by atoms with Crippen LogP contribution in [0, 0.1) is 17.6 Å². The van der Waals surface area contributed by atoms with Gasteiger partial charge in [-0.3, -0.25) is 0 Å². The summed E-state index contributed by atoms with van der Waals surface area (Å²) in [5.41, 5.74) is 0.679. The Labute approximate surface area is 116 Å². The number of fused-ring (bicyclic) bond motifs is 1. The third-order valence-electron chi connectivity index (χ3n) is 3.13. The van der Waals surface area contributed by atoms with Crippen molar-refractivity contribution in [2.45, 2.75) is 39.1 Å². The van der Waals surface area contributed by atoms with Crippen LogP contribution in [0.15, 0.2) is 12.1 Å². The van der Waals surface area contributed by atoms with E-state index in [9.17, 15) is 8.78 Å². The number of rotatable bonds is 5. The zero-order valence-corrected chi connectivity index (χ0v) is 11.8. The SMILES string of the molecule is CC(C)CCCn1c(CCl)nc2c(F)cc(F)cc21. The standard InChI is InChI=1S/C14H17ClF2N2/c1-9(2)4-3-5-19-12-7-10(16)6-11(17)14(12)18-13(19)8-15/h6-7,9H,3-5,8H2,1-2H3. The molecule has 2 nitrogen and oxygen atoms in total. The lowest BCUT2D eigenvalue weighted by molar-refractivity contribution is 0.511. The average Bonchev–Trinajstić information content (AvgIpc) is 2.67. The predicted octanol–water partition coefficient (Wildman–Crippen LogP) is 4.49. The highest BCUT2D eigenvalue weighted by atomic mass is 35.5. The Hall–Kier alpha value is -1.16. The number of aromatic nitrogens is 2. The number of benzene rings is 1. The fraction of sp³-hybridized carbons (Fsp3) is 0.500. The lowest BCUT2D eigenvalue weighted by Gasteiger charge is -2.09. The molecule has 0 saturated carbocycles. The lowest BCUT2D eigenvalue weighted by Crippen LogP contribution is -2.04. The summed E-state index contributed by atoms with van der Waals surface area (Å²) in [7, 11) is 0. The van der Waals surface area contributed by atoms with Gasteiger partial charge in [-0.1, -0.05) is 13.8 Å². The molecule has 0 fully saturated rings. The van der Waals surface area contributed by atoms with Crippen LogP contribution in [0.3, 0.4) is 0 Å². The molecule has 0 amide bonds. The topological polar surface area (TPSA) is 17.8 Å². The van der Waals surface area contributed by atoms with Gasteiger partial charge in [0.05, 0.1) is 11.4 Å². The summed E-state index contributed by atoms with van der Waals surface area (Å²) in [5.74, 6) is 0.157. The molecular weight excluding hydrogens is 270 g/mol. The van der Waals surface area contributed by atoms with Gasteiger partial charge in [0.15, 0.2) is 5.82 Å². The zero-order chi connectivity index (χ0) is 14.0. The normalized spacial score (nSPS) is 11.7. The lowest BCUT2D eigenvalue weighted by atomic mass is 10.1. The van der Waals surface area contributed by atoms with Crippen LogP contribution in [0.5, 0.6) is 0 Å². The Kier molecular flexibility index (Phi) is 4.40. The molecule has 0 aliphatic rings. The molecule has 1 heterocycles. The second kappa shape index (κ2) is 5.87. The minimum absolute atomic E-state index is 0.192. The summed E-state index contributed by atoms with van der Waals surface area (Å²) in [4.78, 5) is 4.16. The second-order valence-electron chi connectivity index (χ2n) is 5.10. The van der Waals surface area contributed by atoms with Gasteiger partial charge in [-0.05, 0) is 24.8 Å². The molecule has 0 atom stereocenters. The first-order valence-electron chi connectivity index (χ1n) is 6.43. The summed E-state index contributed by atoms with van der Waals surface area (Å²) in [5, 5.41) is 0. The Morgan fingerprint density at radius 3 is 2.68 bits per heavy atom. The molecule has 0 spiro atoms. The van der Waals surface area contributed by atoms with Crippen molar-refractivity contribution in [1.82, 2.24) is 9.55 Å². The first kappa shape index (κ1) is 14.3. The van der Waals surface area contributed by atoms with Gasteiger partial charge in [0.25, 0.3) is 0 Å². The number of hydrogen-bond acceptors (Lipinski definition) is 1. The van der Waals surface area contributed by atoms with Crippen molar-refractivity contribution in [3.63, 3.8) is 0 Å². The maximum absolute atomic E-state index is 13.7. The number of alkyl halides is 1. The van der Waals surface area contributed by atoms with E-state index in [2.05, 4.69) is 18.8 Å². The van der Waals surface area contributed by atoms with Crippen molar-refractivity contribution >= 4 is 22.6 Å². The van der Waals surface area contributed by atoms with Gasteiger partial charge in [0, 0.05) is 12.6 Å². The monoisotopic (exact) mass is 286 g/mol. The highest BCUT2D eigenvalue weighted by Gasteiger charge is 2.14. The minimum atomic E-state index is -0.635. The fourth-order valence-corrected chi connectivity index (χ4v) is 2.41. The molecule has 19 heavy (non-hydrogen) atoms. The molecule has 5 heteroatoms. The summed E-state index contributed by atoms with van der Waals surface area (Å²) in [6.07, 6.45) is 1.99. The van der Waals surface area contributed by atoms with E-state index in [0.29, 0.717) is 23.8 Å². The first-order valence-corrected chi connectivity index (χ1v) is 6.96. The number of aryl methyl sites for hydroxylation is 1. The van der Waals surface area contributed by atoms with Gasteiger partial charge in [0.1, 0.15) is 17.2 Å². The molecule has 0 saturated heterocycles. The van der Waals surface area contributed by atoms with E-state index in [0.717, 1.165) is 18.9 Å². The van der Waals surface area contributed by atoms with Gasteiger partial charge in [0.2, 0.25) is 0 Å². The predicted molar refractivity (Wildman–Crippen MR) is 73.3 cm³/mol. The van der Waals surface area contributed by atoms with Crippen LogP contribution in [-0.4, -0.2) is 9.55 Å². The summed E-state index contributed by atoms with van der Waals surface area (Å²) in [6.45, 7) is 4.97. The van der Waals surface area contributed by atoms with Gasteiger partial charge >= 0.3 is 0 Å². The highest BCUT2D eigenvalue weighted by Crippen LogP contribution is 2.23. The summed E-state index contributed by atoms with van der Waals surface area (Å²) < 4.78 is 28.8. The molecule has 2 aromatic rings. The van der Waals surface area contributed by atoms with Crippen LogP contribution in [0.25, 0.3) is 11.0 Å². The van der Waals surface area contributed by atoms with Gasteiger partial charge in [-0.2, -0.15) is 0 Å². The van der Waals surface area contributed by atoms with Crippen molar-refractivity contribution in [2.75, 3.05) is 0 Å². The van der Waals surface area contributed by atoms with E-state index < -0.39 is 11.6 Å². The van der Waals surface area contributed by atoms with Crippen LogP contribution in [0.4, 0.5) is 8.78 Å². The van der Waals surface area contributed by atoms with E-state index >= 15 is 0 Å². The van der Waals surface area contributed by atoms with Crippen LogP contribution in [-0.2, 0) is 12.4 Å². The van der Waals surface area contributed by atoms with Crippen LogP contribution in [0.1, 0.15) is 32.5 Å². The van der Waals surface area contributed by atoms with Crippen molar-refractivity contribution < 1.29 is 8.78 Å². The Bertz CT molecular complexity index is 578. The second-order valence-corrected chi connectivity index (χ2v) is 5.37. The average molecular weight is 287 g/mol. The van der Waals surface area contributed by atoms with E-state index in [1.165, 1.54) is 6.07 Å². The molecular formula is C14H17ClF2N2. The van der Waals surface area contributed by atoms with E-state index in [-0.39, 0.29) is 11.4 Å². The van der Waals surface area contributed by atoms with Crippen molar-refractivity contribution in [3.05, 3.63) is 29.6 Å². The zero-order valence-electron chi connectivity index (χ0n) is 11.1. The molecule has 1 aromatic carbocycles. The summed E-state index contributed by atoms with van der Waals surface area (Å²) >= 11 is 5.84. The molecule has 0 aliphatic carbocycles. The van der Waals surface area contributed by atoms with E-state index in [4.69, 9.17) is 11.6 Å². The minimum Gasteiger partial charge on any atom is -0.327 e. The quantitative estimate of drug-likeness (QED) is 0.741. The smallest absolute Gasteiger partial charge is 0.153 e. The number of imidazole rings is 1. The Balaban J connectivity index is 2.39. The molecule has 0 unspecified atom stereocenters. The van der Waals surface area contributed by atoms with Gasteiger partial charge in [-0.25, -0.2) is 13.8 Å². The number of nitrogens with zero attached hydrogens (tertiary/aromatic N) is 2. The molecule has 0 N–H and O–H groups in total. The van der Waals surface area contributed by atoms with Crippen LogP contribution >= 0.6 is 11.6 Å². The largest absolute Gasteiger partial charge is 0.327 e. The third kappa shape index (κ3) is 3.06.